The summed E-state index contributed by atoms with van der Waals surface area (Å²) in [4.78, 5) is 1.43. The van der Waals surface area contributed by atoms with Gasteiger partial charge in [-0.05, 0) is 6.92 Å². The Morgan fingerprint density at radius 2 is 2.33 bits per heavy atom. The molecule has 1 saturated heterocycles. The Bertz CT molecular complexity index is 186. The van der Waals surface area contributed by atoms with Gasteiger partial charge in [-0.1, -0.05) is 23.5 Å². The van der Waals surface area contributed by atoms with E-state index in [0.717, 1.165) is 5.75 Å². The zero-order chi connectivity index (χ0) is 9.19. The minimum atomic E-state index is 0.0152. The molecule has 0 unspecified atom stereocenters. The van der Waals surface area contributed by atoms with Crippen molar-refractivity contribution in [2.24, 2.45) is 5.16 Å². The number of nitrogens with one attached hydrogen (secondary N) is 1. The molecule has 0 aromatic heterocycles. The summed E-state index contributed by atoms with van der Waals surface area (Å²) in [7, 11) is 4.29. The maximum absolute atomic E-state index is 8.46. The van der Waals surface area contributed by atoms with E-state index < -0.39 is 0 Å². The molecular weight excluding hydrogens is 192 g/mol. The zero-order valence-electron chi connectivity index (χ0n) is 7.57. The number of rotatable bonds is 2. The van der Waals surface area contributed by atoms with Gasteiger partial charge in [0.25, 0.3) is 0 Å². The number of thioether (sulfide) groups is 2. The van der Waals surface area contributed by atoms with Gasteiger partial charge in [0, 0.05) is 5.75 Å². The molecule has 0 radical (unpaired) electrons. The molecule has 1 rings (SSSR count). The smallest absolute Gasteiger partial charge is 0.182 e. The summed E-state index contributed by atoms with van der Waals surface area (Å²) in [5.74, 6) is 1.03. The molecule has 0 aromatic carbocycles. The van der Waals surface area contributed by atoms with Gasteiger partial charge >= 0.3 is 0 Å². The molecule has 0 amide bonds. The van der Waals surface area contributed by atoms with Gasteiger partial charge in [0.2, 0.25) is 0 Å². The van der Waals surface area contributed by atoms with Crippen LogP contribution < -0.4 is 4.90 Å². The standard InChI is InChI=1S/C7H14N2OS2/c1-7(4-8-10)5-11-6(12-7)9(2)3/h4,6,10H,5H2,1-3H3/p+1/b8-4-/t6-,7+/m0/s1. The third-order valence-corrected chi connectivity index (χ3v) is 5.59. The average molecular weight is 207 g/mol. The van der Waals surface area contributed by atoms with Crippen LogP contribution in [0, 0.1) is 0 Å². The Morgan fingerprint density at radius 3 is 2.75 bits per heavy atom. The third kappa shape index (κ3) is 2.31. The van der Waals surface area contributed by atoms with Crippen LogP contribution >= 0.6 is 23.5 Å². The summed E-state index contributed by atoms with van der Waals surface area (Å²) in [6.45, 7) is 2.10. The van der Waals surface area contributed by atoms with Crippen molar-refractivity contribution in [2.75, 3.05) is 19.8 Å². The van der Waals surface area contributed by atoms with Crippen molar-refractivity contribution in [1.82, 2.24) is 0 Å². The van der Waals surface area contributed by atoms with Crippen LogP contribution in [0.5, 0.6) is 0 Å². The lowest BCUT2D eigenvalue weighted by Crippen LogP contribution is -3.08. The fourth-order valence-corrected chi connectivity index (χ4v) is 4.36. The molecule has 0 spiro atoms. The maximum atomic E-state index is 8.46. The fraction of sp³-hybridized carbons (Fsp3) is 0.857. The molecule has 1 aliphatic rings. The maximum Gasteiger partial charge on any atom is 0.182 e. The van der Waals surface area contributed by atoms with Crippen LogP contribution in [0.3, 0.4) is 0 Å². The van der Waals surface area contributed by atoms with Gasteiger partial charge < -0.3 is 10.1 Å². The van der Waals surface area contributed by atoms with Gasteiger partial charge in [0.1, 0.15) is 0 Å². The molecule has 12 heavy (non-hydrogen) atoms. The number of quaternary nitrogens is 1. The Labute approximate surface area is 81.6 Å². The van der Waals surface area contributed by atoms with Crippen molar-refractivity contribution in [3.8, 4) is 0 Å². The van der Waals surface area contributed by atoms with Crippen LogP contribution in [0.25, 0.3) is 0 Å². The Hall–Kier alpha value is 0.130. The molecule has 2 atom stereocenters. The van der Waals surface area contributed by atoms with Crippen LogP contribution in [0.15, 0.2) is 5.16 Å². The van der Waals surface area contributed by atoms with Crippen LogP contribution in [0.2, 0.25) is 0 Å². The molecule has 0 aliphatic carbocycles. The lowest BCUT2D eigenvalue weighted by Gasteiger charge is -2.17. The van der Waals surface area contributed by atoms with Crippen molar-refractivity contribution in [3.63, 3.8) is 0 Å². The van der Waals surface area contributed by atoms with E-state index in [0.29, 0.717) is 4.71 Å². The van der Waals surface area contributed by atoms with Gasteiger partial charge in [0.05, 0.1) is 25.1 Å². The Kier molecular flexibility index (Phi) is 3.31. The summed E-state index contributed by atoms with van der Waals surface area (Å²) < 4.78 is 0.578. The first-order valence-corrected chi connectivity index (χ1v) is 5.78. The van der Waals surface area contributed by atoms with Crippen molar-refractivity contribution in [3.05, 3.63) is 0 Å². The molecule has 1 fully saturated rings. The fourth-order valence-electron chi connectivity index (χ4n) is 1.03. The molecule has 3 nitrogen and oxygen atoms in total. The summed E-state index contributed by atoms with van der Waals surface area (Å²) in [6, 6.07) is 0. The predicted molar refractivity (Wildman–Crippen MR) is 55.3 cm³/mol. The van der Waals surface area contributed by atoms with Crippen LogP contribution in [-0.4, -0.2) is 40.7 Å². The van der Waals surface area contributed by atoms with Crippen molar-refractivity contribution in [1.29, 1.82) is 0 Å². The van der Waals surface area contributed by atoms with E-state index in [1.54, 1.807) is 6.21 Å². The molecule has 2 N–H and O–H groups in total. The molecule has 0 aromatic rings. The minimum Gasteiger partial charge on any atom is -0.411 e. The van der Waals surface area contributed by atoms with Crippen molar-refractivity contribution in [2.45, 2.75) is 16.4 Å². The second-order valence-electron chi connectivity index (χ2n) is 3.40. The number of hydrogen-bond donors (Lipinski definition) is 2. The summed E-state index contributed by atoms with van der Waals surface area (Å²) in [6.07, 6.45) is 1.63. The molecule has 1 aliphatic heterocycles. The summed E-state index contributed by atoms with van der Waals surface area (Å²) >= 11 is 3.78. The van der Waals surface area contributed by atoms with E-state index in [9.17, 15) is 0 Å². The first-order chi connectivity index (χ1) is 5.57. The molecule has 1 heterocycles. The number of nitrogens with zero attached hydrogens (tertiary/aromatic N) is 1. The van der Waals surface area contributed by atoms with E-state index in [4.69, 9.17) is 5.21 Å². The van der Waals surface area contributed by atoms with E-state index in [1.165, 1.54) is 4.90 Å². The monoisotopic (exact) mass is 207 g/mol. The van der Waals surface area contributed by atoms with Gasteiger partial charge in [-0.25, -0.2) is 0 Å². The Balaban J connectivity index is 2.54. The van der Waals surface area contributed by atoms with Gasteiger partial charge in [-0.15, -0.1) is 5.16 Å². The molecule has 0 bridgehead atoms. The average Bonchev–Trinajstić information content (AvgIpc) is 2.33. The zero-order valence-corrected chi connectivity index (χ0v) is 9.21. The van der Waals surface area contributed by atoms with E-state index in [-0.39, 0.29) is 4.75 Å². The highest BCUT2D eigenvalue weighted by Crippen LogP contribution is 2.41. The second kappa shape index (κ2) is 3.89. The van der Waals surface area contributed by atoms with E-state index in [1.807, 2.05) is 23.5 Å². The molecule has 70 valence electrons. The summed E-state index contributed by atoms with van der Waals surface area (Å²) in [5.41, 5.74) is 0. The number of hydrogen-bond acceptors (Lipinski definition) is 4. The van der Waals surface area contributed by atoms with Crippen molar-refractivity contribution < 1.29 is 10.1 Å². The van der Waals surface area contributed by atoms with Crippen LogP contribution in [0.4, 0.5) is 0 Å². The minimum absolute atomic E-state index is 0.0152. The SMILES string of the molecule is C[NH+](C)[C@H]1SC[C@@](C)(/C=N\O)S1. The highest BCUT2D eigenvalue weighted by atomic mass is 32.2. The van der Waals surface area contributed by atoms with Crippen LogP contribution in [0.1, 0.15) is 6.92 Å². The lowest BCUT2D eigenvalue weighted by molar-refractivity contribution is -0.853. The summed E-state index contributed by atoms with van der Waals surface area (Å²) in [5, 5.41) is 11.6. The van der Waals surface area contributed by atoms with Gasteiger partial charge in [0.15, 0.2) is 4.71 Å². The highest BCUT2D eigenvalue weighted by molar-refractivity contribution is 8.21. The van der Waals surface area contributed by atoms with Gasteiger partial charge in [-0.2, -0.15) is 0 Å². The number of oxime groups is 1. The largest absolute Gasteiger partial charge is 0.411 e. The molecule has 5 heteroatoms. The van der Waals surface area contributed by atoms with Crippen molar-refractivity contribution >= 4 is 29.7 Å². The van der Waals surface area contributed by atoms with Gasteiger partial charge in [-0.3, -0.25) is 0 Å². The first kappa shape index (κ1) is 10.2. The predicted octanol–water partition coefficient (Wildman–Crippen LogP) is 0.113. The third-order valence-electron chi connectivity index (χ3n) is 1.70. The normalized spacial score (nSPS) is 36.8. The topological polar surface area (TPSA) is 37.0 Å². The molecule has 0 saturated carbocycles. The molecular formula is C7H15N2OS2+. The van der Waals surface area contributed by atoms with E-state index >= 15 is 0 Å². The van der Waals surface area contributed by atoms with E-state index in [2.05, 4.69) is 26.2 Å². The highest BCUT2D eigenvalue weighted by Gasteiger charge is 2.39. The first-order valence-electron chi connectivity index (χ1n) is 3.85. The second-order valence-corrected chi connectivity index (χ2v) is 6.43. The van der Waals surface area contributed by atoms with Crippen LogP contribution in [-0.2, 0) is 0 Å². The lowest BCUT2D eigenvalue weighted by atomic mass is 10.2. The Morgan fingerprint density at radius 1 is 1.67 bits per heavy atom. The quantitative estimate of drug-likeness (QED) is 0.383.